The molecule has 3 N–H and O–H groups in total. The average Bonchev–Trinajstić information content (AvgIpc) is 2.43. The summed E-state index contributed by atoms with van der Waals surface area (Å²) in [5.41, 5.74) is 7.19. The van der Waals surface area contributed by atoms with Crippen molar-refractivity contribution in [1.82, 2.24) is 10.2 Å². The Balaban J connectivity index is 1.69. The number of fused-ring (bicyclic) bond motifs is 3. The SMILES string of the molecule is Nc1cc(C(=O)NC2CN3CCC2CC3)ccc1I. The van der Waals surface area contributed by atoms with Crippen molar-refractivity contribution in [3.05, 3.63) is 27.3 Å². The molecule has 3 fully saturated rings. The maximum Gasteiger partial charge on any atom is 0.251 e. The van der Waals surface area contributed by atoms with Crippen LogP contribution in [0.2, 0.25) is 0 Å². The standard InChI is InChI=1S/C14H18IN3O/c15-11-2-1-10(7-12(11)16)14(19)17-13-8-18-5-3-9(13)4-6-18/h1-2,7,9,13H,3-6,8,16H2,(H,17,19). The molecule has 4 nitrogen and oxygen atoms in total. The highest BCUT2D eigenvalue weighted by Gasteiger charge is 2.34. The van der Waals surface area contributed by atoms with E-state index in [1.165, 1.54) is 25.9 Å². The Labute approximate surface area is 126 Å². The van der Waals surface area contributed by atoms with E-state index < -0.39 is 0 Å². The van der Waals surface area contributed by atoms with Gasteiger partial charge in [-0.15, -0.1) is 0 Å². The molecule has 0 aromatic heterocycles. The third-order valence-corrected chi connectivity index (χ3v) is 5.21. The van der Waals surface area contributed by atoms with Gasteiger partial charge in [-0.05, 0) is 72.6 Å². The largest absolute Gasteiger partial charge is 0.398 e. The van der Waals surface area contributed by atoms with Crippen LogP contribution < -0.4 is 11.1 Å². The normalized spacial score (nSPS) is 29.2. The van der Waals surface area contributed by atoms with E-state index in [-0.39, 0.29) is 5.91 Å². The first kappa shape index (κ1) is 13.2. The minimum atomic E-state index is 0.00171. The minimum Gasteiger partial charge on any atom is -0.398 e. The lowest BCUT2D eigenvalue weighted by molar-refractivity contribution is 0.0620. The van der Waals surface area contributed by atoms with E-state index in [1.54, 1.807) is 6.07 Å². The molecule has 0 spiro atoms. The van der Waals surface area contributed by atoms with Gasteiger partial charge in [0.05, 0.1) is 0 Å². The van der Waals surface area contributed by atoms with Gasteiger partial charge in [0.25, 0.3) is 5.91 Å². The summed E-state index contributed by atoms with van der Waals surface area (Å²) in [5.74, 6) is 0.650. The van der Waals surface area contributed by atoms with E-state index in [2.05, 4.69) is 32.8 Å². The molecule has 1 aromatic rings. The molecule has 0 saturated carbocycles. The first-order valence-electron chi connectivity index (χ1n) is 6.72. The van der Waals surface area contributed by atoms with E-state index in [0.717, 1.165) is 10.1 Å². The highest BCUT2D eigenvalue weighted by Crippen LogP contribution is 2.27. The van der Waals surface area contributed by atoms with Crippen LogP contribution in [0, 0.1) is 9.49 Å². The average molecular weight is 371 g/mol. The van der Waals surface area contributed by atoms with Gasteiger partial charge < -0.3 is 16.0 Å². The topological polar surface area (TPSA) is 58.4 Å². The van der Waals surface area contributed by atoms with Crippen molar-refractivity contribution in [3.63, 3.8) is 0 Å². The molecule has 3 heterocycles. The Morgan fingerprint density at radius 3 is 2.68 bits per heavy atom. The number of nitrogen functional groups attached to an aromatic ring is 1. The molecule has 5 heteroatoms. The molecular weight excluding hydrogens is 353 g/mol. The maximum absolute atomic E-state index is 12.3. The van der Waals surface area contributed by atoms with E-state index in [0.29, 0.717) is 23.2 Å². The number of anilines is 1. The lowest BCUT2D eigenvalue weighted by atomic mass is 9.84. The summed E-state index contributed by atoms with van der Waals surface area (Å²) in [6.07, 6.45) is 2.42. The highest BCUT2D eigenvalue weighted by molar-refractivity contribution is 14.1. The number of hydrogen-bond donors (Lipinski definition) is 2. The number of benzene rings is 1. The predicted molar refractivity (Wildman–Crippen MR) is 84.0 cm³/mol. The molecule has 0 radical (unpaired) electrons. The third-order valence-electron chi connectivity index (χ3n) is 4.23. The van der Waals surface area contributed by atoms with Gasteiger partial charge in [0.15, 0.2) is 0 Å². The van der Waals surface area contributed by atoms with Crippen molar-refractivity contribution in [2.75, 3.05) is 25.4 Å². The van der Waals surface area contributed by atoms with Crippen LogP contribution in [0.3, 0.4) is 0 Å². The van der Waals surface area contributed by atoms with E-state index in [4.69, 9.17) is 5.73 Å². The molecular formula is C14H18IN3O. The number of carbonyl (C=O) groups is 1. The fourth-order valence-electron chi connectivity index (χ4n) is 3.07. The molecule has 19 heavy (non-hydrogen) atoms. The molecule has 4 rings (SSSR count). The first-order valence-corrected chi connectivity index (χ1v) is 7.79. The monoisotopic (exact) mass is 371 g/mol. The number of nitrogens with one attached hydrogen (secondary N) is 1. The number of halogens is 1. The molecule has 1 amide bonds. The van der Waals surface area contributed by atoms with Gasteiger partial charge >= 0.3 is 0 Å². The number of nitrogens with zero attached hydrogens (tertiary/aromatic N) is 1. The summed E-state index contributed by atoms with van der Waals surface area (Å²) in [6, 6.07) is 5.80. The van der Waals surface area contributed by atoms with E-state index in [1.807, 2.05) is 12.1 Å². The van der Waals surface area contributed by atoms with Gasteiger partial charge in [-0.3, -0.25) is 4.79 Å². The number of amides is 1. The lowest BCUT2D eigenvalue weighted by Gasteiger charge is -2.44. The van der Waals surface area contributed by atoms with Gasteiger partial charge in [-0.1, -0.05) is 0 Å². The van der Waals surface area contributed by atoms with Crippen molar-refractivity contribution in [1.29, 1.82) is 0 Å². The highest BCUT2D eigenvalue weighted by atomic mass is 127. The Kier molecular flexibility index (Phi) is 3.66. The molecule has 2 bridgehead atoms. The molecule has 102 valence electrons. The Morgan fingerprint density at radius 2 is 2.11 bits per heavy atom. The zero-order valence-corrected chi connectivity index (χ0v) is 12.9. The summed E-state index contributed by atoms with van der Waals surface area (Å²) in [5, 5.41) is 3.17. The van der Waals surface area contributed by atoms with Crippen molar-refractivity contribution in [3.8, 4) is 0 Å². The van der Waals surface area contributed by atoms with E-state index >= 15 is 0 Å². The second-order valence-electron chi connectivity index (χ2n) is 5.45. The number of nitrogens with two attached hydrogens (primary N) is 1. The van der Waals surface area contributed by atoms with Crippen LogP contribution >= 0.6 is 22.6 Å². The second kappa shape index (κ2) is 5.28. The Hall–Kier alpha value is -0.820. The number of piperidine rings is 3. The fraction of sp³-hybridized carbons (Fsp3) is 0.500. The maximum atomic E-state index is 12.3. The number of carbonyl (C=O) groups excluding carboxylic acids is 1. The van der Waals surface area contributed by atoms with Crippen molar-refractivity contribution < 1.29 is 4.79 Å². The third kappa shape index (κ3) is 2.72. The van der Waals surface area contributed by atoms with Crippen LogP contribution in [0.1, 0.15) is 23.2 Å². The molecule has 3 aliphatic rings. The summed E-state index contributed by atoms with van der Waals surface area (Å²) in [6.45, 7) is 3.37. The smallest absolute Gasteiger partial charge is 0.251 e. The second-order valence-corrected chi connectivity index (χ2v) is 6.62. The lowest BCUT2D eigenvalue weighted by Crippen LogP contribution is -2.57. The van der Waals surface area contributed by atoms with Crippen LogP contribution in [-0.4, -0.2) is 36.5 Å². The first-order chi connectivity index (χ1) is 9.13. The number of rotatable bonds is 2. The van der Waals surface area contributed by atoms with Gasteiger partial charge in [0.1, 0.15) is 0 Å². The molecule has 1 unspecified atom stereocenters. The zero-order valence-electron chi connectivity index (χ0n) is 10.7. The van der Waals surface area contributed by atoms with Gasteiger partial charge in [0.2, 0.25) is 0 Å². The summed E-state index contributed by atoms with van der Waals surface area (Å²) >= 11 is 2.17. The summed E-state index contributed by atoms with van der Waals surface area (Å²) in [4.78, 5) is 14.7. The van der Waals surface area contributed by atoms with Gasteiger partial charge in [-0.2, -0.15) is 0 Å². The van der Waals surface area contributed by atoms with Crippen molar-refractivity contribution in [2.24, 2.45) is 5.92 Å². The van der Waals surface area contributed by atoms with Crippen molar-refractivity contribution in [2.45, 2.75) is 18.9 Å². The Morgan fingerprint density at radius 1 is 1.37 bits per heavy atom. The molecule has 1 aromatic carbocycles. The van der Waals surface area contributed by atoms with Crippen molar-refractivity contribution >= 4 is 34.2 Å². The van der Waals surface area contributed by atoms with Gasteiger partial charge in [0, 0.05) is 27.4 Å². The quantitative estimate of drug-likeness (QED) is 0.615. The van der Waals surface area contributed by atoms with Crippen LogP contribution in [-0.2, 0) is 0 Å². The predicted octanol–water partition coefficient (Wildman–Crippen LogP) is 1.70. The number of hydrogen-bond acceptors (Lipinski definition) is 3. The molecule has 3 saturated heterocycles. The Bertz CT molecular complexity index is 497. The van der Waals surface area contributed by atoms with Crippen LogP contribution in [0.15, 0.2) is 18.2 Å². The van der Waals surface area contributed by atoms with Crippen LogP contribution in [0.25, 0.3) is 0 Å². The molecule has 1 atom stereocenters. The minimum absolute atomic E-state index is 0.00171. The summed E-state index contributed by atoms with van der Waals surface area (Å²) < 4.78 is 0.983. The van der Waals surface area contributed by atoms with E-state index in [9.17, 15) is 4.79 Å². The fourth-order valence-corrected chi connectivity index (χ4v) is 3.40. The van der Waals surface area contributed by atoms with Crippen LogP contribution in [0.5, 0.6) is 0 Å². The van der Waals surface area contributed by atoms with Gasteiger partial charge in [-0.25, -0.2) is 0 Å². The zero-order chi connectivity index (χ0) is 13.4. The van der Waals surface area contributed by atoms with Crippen LogP contribution in [0.4, 0.5) is 5.69 Å². The molecule has 0 aliphatic carbocycles. The molecule has 3 aliphatic heterocycles. The summed E-state index contributed by atoms with van der Waals surface area (Å²) in [7, 11) is 0.